The van der Waals surface area contributed by atoms with E-state index in [0.29, 0.717) is 0 Å². The van der Waals surface area contributed by atoms with Crippen molar-refractivity contribution in [2.45, 2.75) is 13.8 Å². The van der Waals surface area contributed by atoms with Crippen LogP contribution in [0.4, 0.5) is 10.1 Å². The van der Waals surface area contributed by atoms with Gasteiger partial charge in [0.25, 0.3) is 11.8 Å². The van der Waals surface area contributed by atoms with Gasteiger partial charge in [0.15, 0.2) is 0 Å². The lowest BCUT2D eigenvalue weighted by atomic mass is 10.1. The van der Waals surface area contributed by atoms with Gasteiger partial charge in [0.1, 0.15) is 5.82 Å². The van der Waals surface area contributed by atoms with Gasteiger partial charge in [0.2, 0.25) is 0 Å². The van der Waals surface area contributed by atoms with Gasteiger partial charge in [-0.25, -0.2) is 9.82 Å². The first kappa shape index (κ1) is 19.9. The van der Waals surface area contributed by atoms with Crippen molar-refractivity contribution in [3.63, 3.8) is 0 Å². The van der Waals surface area contributed by atoms with E-state index in [2.05, 4.69) is 15.8 Å². The Kier molecular flexibility index (Phi) is 6.14. The van der Waals surface area contributed by atoms with E-state index in [1.807, 2.05) is 32.0 Å². The topological polar surface area (TPSA) is 70.6 Å². The fraction of sp³-hybridized carbons (Fsp3) is 0.0870. The van der Waals surface area contributed by atoms with E-state index in [1.54, 1.807) is 36.5 Å². The van der Waals surface area contributed by atoms with Gasteiger partial charge in [0.05, 0.1) is 23.0 Å². The van der Waals surface area contributed by atoms with E-state index in [0.717, 1.165) is 16.7 Å². The predicted molar refractivity (Wildman–Crippen MR) is 112 cm³/mol. The molecule has 0 saturated carbocycles. The van der Waals surface area contributed by atoms with E-state index in [1.165, 1.54) is 18.2 Å². The van der Waals surface area contributed by atoms with Crippen LogP contribution in [-0.2, 0) is 0 Å². The first-order chi connectivity index (χ1) is 14.0. The van der Waals surface area contributed by atoms with Crippen molar-refractivity contribution in [3.05, 3.63) is 100 Å². The van der Waals surface area contributed by atoms with E-state index >= 15 is 0 Å². The SMILES string of the molecule is Cc1ccc(C)c(C=NNC(=O)c2ccccc2NC(=O)c2ccccc2F)c1. The predicted octanol–water partition coefficient (Wildman–Crippen LogP) is 4.46. The number of carbonyl (C=O) groups is 2. The molecule has 3 aromatic carbocycles. The van der Waals surface area contributed by atoms with Crippen molar-refractivity contribution in [2.24, 2.45) is 5.10 Å². The zero-order valence-electron chi connectivity index (χ0n) is 16.1. The second kappa shape index (κ2) is 8.93. The summed E-state index contributed by atoms with van der Waals surface area (Å²) in [5.74, 6) is -1.76. The molecule has 0 heterocycles. The largest absolute Gasteiger partial charge is 0.321 e. The molecule has 0 aliphatic heterocycles. The Morgan fingerprint density at radius 1 is 0.897 bits per heavy atom. The fourth-order valence-electron chi connectivity index (χ4n) is 2.74. The van der Waals surface area contributed by atoms with Crippen LogP contribution in [0, 0.1) is 19.7 Å². The third-order valence-electron chi connectivity index (χ3n) is 4.34. The van der Waals surface area contributed by atoms with Crippen molar-refractivity contribution in [3.8, 4) is 0 Å². The summed E-state index contributed by atoms with van der Waals surface area (Å²) in [5.41, 5.74) is 5.86. The number of rotatable bonds is 5. The molecular weight excluding hydrogens is 369 g/mol. The highest BCUT2D eigenvalue weighted by atomic mass is 19.1. The minimum atomic E-state index is -0.637. The van der Waals surface area contributed by atoms with Gasteiger partial charge in [-0.05, 0) is 49.2 Å². The Bertz CT molecular complexity index is 1090. The van der Waals surface area contributed by atoms with Crippen LogP contribution in [0.5, 0.6) is 0 Å². The first-order valence-electron chi connectivity index (χ1n) is 9.01. The summed E-state index contributed by atoms with van der Waals surface area (Å²) >= 11 is 0. The summed E-state index contributed by atoms with van der Waals surface area (Å²) in [6.45, 7) is 3.93. The molecule has 0 fully saturated rings. The third kappa shape index (κ3) is 4.93. The zero-order valence-corrected chi connectivity index (χ0v) is 16.1. The summed E-state index contributed by atoms with van der Waals surface area (Å²) in [7, 11) is 0. The molecule has 3 rings (SSSR count). The minimum absolute atomic E-state index is 0.101. The van der Waals surface area contributed by atoms with Crippen molar-refractivity contribution in [1.29, 1.82) is 0 Å². The van der Waals surface area contributed by atoms with Crippen molar-refractivity contribution in [2.75, 3.05) is 5.32 Å². The van der Waals surface area contributed by atoms with Gasteiger partial charge in [-0.3, -0.25) is 9.59 Å². The summed E-state index contributed by atoms with van der Waals surface area (Å²) in [6, 6.07) is 18.1. The molecule has 0 spiro atoms. The minimum Gasteiger partial charge on any atom is -0.321 e. The van der Waals surface area contributed by atoms with Gasteiger partial charge in [-0.2, -0.15) is 5.10 Å². The molecule has 0 aliphatic rings. The number of hydrogen-bond donors (Lipinski definition) is 2. The Labute approximate surface area is 168 Å². The van der Waals surface area contributed by atoms with E-state index in [-0.39, 0.29) is 16.8 Å². The third-order valence-corrected chi connectivity index (χ3v) is 4.34. The molecule has 0 atom stereocenters. The lowest BCUT2D eigenvalue weighted by Gasteiger charge is -2.10. The first-order valence-corrected chi connectivity index (χ1v) is 9.01. The average molecular weight is 389 g/mol. The molecule has 2 N–H and O–H groups in total. The normalized spacial score (nSPS) is 10.7. The number of hydrogen-bond acceptors (Lipinski definition) is 3. The zero-order chi connectivity index (χ0) is 20.8. The van der Waals surface area contributed by atoms with Crippen LogP contribution in [0.25, 0.3) is 0 Å². The van der Waals surface area contributed by atoms with Crippen LogP contribution < -0.4 is 10.7 Å². The smallest absolute Gasteiger partial charge is 0.273 e. The number of nitrogens with one attached hydrogen (secondary N) is 2. The summed E-state index contributed by atoms with van der Waals surface area (Å²) < 4.78 is 13.8. The number of anilines is 1. The van der Waals surface area contributed by atoms with Crippen molar-refractivity contribution < 1.29 is 14.0 Å². The quantitative estimate of drug-likeness (QED) is 0.500. The maximum atomic E-state index is 13.8. The maximum absolute atomic E-state index is 13.8. The molecule has 0 bridgehead atoms. The van der Waals surface area contributed by atoms with Gasteiger partial charge in [-0.15, -0.1) is 0 Å². The lowest BCUT2D eigenvalue weighted by molar-refractivity contribution is 0.0956. The summed E-state index contributed by atoms with van der Waals surface area (Å²) in [6.07, 6.45) is 1.57. The molecule has 29 heavy (non-hydrogen) atoms. The highest BCUT2D eigenvalue weighted by Crippen LogP contribution is 2.17. The maximum Gasteiger partial charge on any atom is 0.273 e. The monoisotopic (exact) mass is 389 g/mol. The van der Waals surface area contributed by atoms with Crippen LogP contribution in [-0.4, -0.2) is 18.0 Å². The summed E-state index contributed by atoms with van der Waals surface area (Å²) in [4.78, 5) is 24.9. The number of benzene rings is 3. The van der Waals surface area contributed by atoms with E-state index < -0.39 is 17.6 Å². The lowest BCUT2D eigenvalue weighted by Crippen LogP contribution is -2.21. The number of nitrogens with zero attached hydrogens (tertiary/aromatic N) is 1. The second-order valence-electron chi connectivity index (χ2n) is 6.54. The molecule has 0 saturated heterocycles. The fourth-order valence-corrected chi connectivity index (χ4v) is 2.74. The molecule has 5 nitrogen and oxygen atoms in total. The molecule has 0 radical (unpaired) electrons. The highest BCUT2D eigenvalue weighted by molar-refractivity contribution is 6.09. The number of aryl methyl sites for hydroxylation is 2. The van der Waals surface area contributed by atoms with Crippen LogP contribution in [0.1, 0.15) is 37.4 Å². The van der Waals surface area contributed by atoms with Crippen LogP contribution in [0.15, 0.2) is 71.8 Å². The van der Waals surface area contributed by atoms with Crippen LogP contribution in [0.3, 0.4) is 0 Å². The average Bonchev–Trinajstić information content (AvgIpc) is 2.71. The highest BCUT2D eigenvalue weighted by Gasteiger charge is 2.15. The molecule has 6 heteroatoms. The van der Waals surface area contributed by atoms with Gasteiger partial charge < -0.3 is 5.32 Å². The number of amides is 2. The number of carbonyl (C=O) groups excluding carboxylic acids is 2. The Morgan fingerprint density at radius 3 is 2.34 bits per heavy atom. The van der Waals surface area contributed by atoms with E-state index in [4.69, 9.17) is 0 Å². The molecule has 0 aliphatic carbocycles. The second-order valence-corrected chi connectivity index (χ2v) is 6.54. The Morgan fingerprint density at radius 2 is 1.59 bits per heavy atom. The number of hydrazone groups is 1. The molecular formula is C23H20FN3O2. The Hall–Kier alpha value is -3.80. The van der Waals surface area contributed by atoms with Gasteiger partial charge in [0, 0.05) is 0 Å². The number of halogens is 1. The molecule has 0 aromatic heterocycles. The summed E-state index contributed by atoms with van der Waals surface area (Å²) in [5, 5.41) is 6.60. The van der Waals surface area contributed by atoms with Crippen molar-refractivity contribution in [1.82, 2.24) is 5.43 Å². The van der Waals surface area contributed by atoms with Gasteiger partial charge >= 0.3 is 0 Å². The van der Waals surface area contributed by atoms with Crippen LogP contribution >= 0.6 is 0 Å². The molecule has 2 amide bonds. The van der Waals surface area contributed by atoms with E-state index in [9.17, 15) is 14.0 Å². The van der Waals surface area contributed by atoms with Crippen molar-refractivity contribution >= 4 is 23.7 Å². The molecule has 146 valence electrons. The molecule has 0 unspecified atom stereocenters. The Balaban J connectivity index is 1.75. The number of para-hydroxylation sites is 1. The van der Waals surface area contributed by atoms with Gasteiger partial charge in [-0.1, -0.05) is 48.0 Å². The standard InChI is InChI=1S/C23H20FN3O2/c1-15-11-12-16(2)17(13-15)14-25-27-23(29)19-8-4-6-10-21(19)26-22(28)18-7-3-5-9-20(18)24/h3-14H,1-2H3,(H,26,28)(H,27,29). The molecule has 3 aromatic rings. The van der Waals surface area contributed by atoms with Crippen LogP contribution in [0.2, 0.25) is 0 Å².